The molecule has 186 valence electrons. The lowest BCUT2D eigenvalue weighted by Gasteiger charge is -2.30. The number of hydrogen-bond acceptors (Lipinski definition) is 6. The van der Waals surface area contributed by atoms with Crippen molar-refractivity contribution in [1.29, 1.82) is 0 Å². The summed E-state index contributed by atoms with van der Waals surface area (Å²) in [7, 11) is 33.3. The van der Waals surface area contributed by atoms with Gasteiger partial charge in [-0.1, -0.05) is 11.6 Å². The van der Waals surface area contributed by atoms with Gasteiger partial charge in [-0.25, -0.2) is 9.37 Å². The van der Waals surface area contributed by atoms with Crippen molar-refractivity contribution < 1.29 is 14.2 Å². The van der Waals surface area contributed by atoms with Gasteiger partial charge in [0, 0.05) is 48.2 Å². The highest BCUT2D eigenvalue weighted by atomic mass is 35.5. The Labute approximate surface area is 236 Å². The molecule has 0 saturated carbocycles. The lowest BCUT2D eigenvalue weighted by atomic mass is 9.42. The molecule has 4 aromatic rings. The Bertz CT molecular complexity index is 1570. The number of halogens is 2. The summed E-state index contributed by atoms with van der Waals surface area (Å²) >= 11 is 6.69. The number of ether oxygens (including phenoxy) is 1. The smallest absolute Gasteiger partial charge is 0.170 e. The van der Waals surface area contributed by atoms with E-state index < -0.39 is 29.0 Å². The monoisotopic (exact) mass is 532 g/mol. The molecule has 0 spiro atoms. The van der Waals surface area contributed by atoms with E-state index >= 15 is 0 Å². The maximum atomic E-state index is 14.5. The lowest BCUT2D eigenvalue weighted by Crippen LogP contribution is -2.30. The zero-order valence-electron chi connectivity index (χ0n) is 21.2. The van der Waals surface area contributed by atoms with Gasteiger partial charge in [-0.15, -0.1) is 5.11 Å². The predicted molar refractivity (Wildman–Crippen MR) is 151 cm³/mol. The van der Waals surface area contributed by atoms with E-state index in [0.29, 0.717) is 33.6 Å². The Morgan fingerprint density at radius 3 is 2.67 bits per heavy atom. The first kappa shape index (κ1) is 27.5. The van der Waals surface area contributed by atoms with Crippen molar-refractivity contribution in [2.24, 2.45) is 7.05 Å². The fourth-order valence-electron chi connectivity index (χ4n) is 4.80. The van der Waals surface area contributed by atoms with E-state index in [1.165, 1.54) is 23.0 Å². The number of nitrogens with one attached hydrogen (secondary N) is 1. The van der Waals surface area contributed by atoms with E-state index in [1.54, 1.807) is 37.0 Å². The van der Waals surface area contributed by atoms with Crippen LogP contribution in [0, 0.1) is 5.82 Å². The van der Waals surface area contributed by atoms with Gasteiger partial charge in [-0.3, -0.25) is 9.36 Å². The first-order valence-electron chi connectivity index (χ1n) is 11.9. The molecule has 0 amide bonds. The molecule has 2 bridgehead atoms. The standard InChI is InChI=1S/C24H19B5ClFN6O2/c1-11-15-6-13(31)3-4-14(15)19-16(8-36(2)34-19)24(28,29)18-20(37(35-21(18)30)9-23(25,26)27)12-5-17(39-11)22(32-7-12)33-10-38/h3-8,11,38H,9-10H2,1-2H3,(H,32,33)/t11-/m1/s1. The third-order valence-corrected chi connectivity index (χ3v) is 6.67. The molecule has 1 aliphatic heterocycles. The van der Waals surface area contributed by atoms with Crippen LogP contribution in [0.4, 0.5) is 10.2 Å². The largest absolute Gasteiger partial charge is 0.482 e. The van der Waals surface area contributed by atoms with Crippen LogP contribution in [-0.2, 0) is 18.8 Å². The summed E-state index contributed by atoms with van der Waals surface area (Å²) in [5.41, 5.74) is 2.79. The molecule has 10 radical (unpaired) electrons. The molecule has 1 aliphatic rings. The van der Waals surface area contributed by atoms with Crippen LogP contribution in [0.25, 0.3) is 22.5 Å². The highest BCUT2D eigenvalue weighted by molar-refractivity contribution is 6.58. The summed E-state index contributed by atoms with van der Waals surface area (Å²) in [5, 5.41) is 17.8. The summed E-state index contributed by atoms with van der Waals surface area (Å²) in [6, 6.07) is 5.89. The summed E-state index contributed by atoms with van der Waals surface area (Å²) in [6.07, 6.45) is 2.45. The number of fused-ring (bicyclic) bond motifs is 7. The van der Waals surface area contributed by atoms with Crippen LogP contribution < -0.4 is 10.1 Å². The number of benzene rings is 1. The average Bonchev–Trinajstić information content (AvgIpc) is 3.38. The molecule has 0 aliphatic carbocycles. The molecule has 5 rings (SSSR count). The van der Waals surface area contributed by atoms with E-state index in [-0.39, 0.29) is 28.8 Å². The molecule has 0 unspecified atom stereocenters. The van der Waals surface area contributed by atoms with Gasteiger partial charge < -0.3 is 15.2 Å². The second-order valence-electron chi connectivity index (χ2n) is 9.62. The zero-order chi connectivity index (χ0) is 28.3. The number of hydrogen-bond donors (Lipinski definition) is 2. The van der Waals surface area contributed by atoms with Crippen molar-refractivity contribution in [2.45, 2.75) is 29.9 Å². The number of aliphatic hydroxyl groups excluding tert-OH is 1. The summed E-state index contributed by atoms with van der Waals surface area (Å²) < 4.78 is 23.8. The van der Waals surface area contributed by atoms with Crippen LogP contribution in [0.3, 0.4) is 0 Å². The fourth-order valence-corrected chi connectivity index (χ4v) is 5.14. The Morgan fingerprint density at radius 2 is 1.97 bits per heavy atom. The lowest BCUT2D eigenvalue weighted by molar-refractivity contribution is 0.226. The van der Waals surface area contributed by atoms with E-state index in [0.717, 1.165) is 0 Å². The minimum absolute atomic E-state index is 0.0289. The van der Waals surface area contributed by atoms with Crippen LogP contribution in [0.2, 0.25) is 10.3 Å². The van der Waals surface area contributed by atoms with E-state index in [9.17, 15) is 9.50 Å². The molecule has 3 aromatic heterocycles. The molecule has 1 atom stereocenters. The summed E-state index contributed by atoms with van der Waals surface area (Å²) in [6.45, 7) is 1.17. The van der Waals surface area contributed by atoms with Gasteiger partial charge >= 0.3 is 0 Å². The van der Waals surface area contributed by atoms with Crippen molar-refractivity contribution >= 4 is 56.7 Å². The van der Waals surface area contributed by atoms with Crippen LogP contribution in [-0.4, -0.2) is 75.6 Å². The molecule has 8 nitrogen and oxygen atoms in total. The Hall–Kier alpha value is -3.11. The number of aliphatic hydroxyl groups is 1. The van der Waals surface area contributed by atoms with Crippen molar-refractivity contribution in [1.82, 2.24) is 24.5 Å². The Kier molecular flexibility index (Phi) is 6.91. The summed E-state index contributed by atoms with van der Waals surface area (Å²) in [5.74, 6) is -0.000420. The van der Waals surface area contributed by atoms with Gasteiger partial charge in [0.05, 0.1) is 50.6 Å². The molecule has 15 heteroatoms. The van der Waals surface area contributed by atoms with E-state index in [1.807, 2.05) is 0 Å². The normalized spacial score (nSPS) is 16.2. The third kappa shape index (κ3) is 5.00. The number of nitrogens with zero attached hydrogens (tertiary/aromatic N) is 5. The second kappa shape index (κ2) is 9.82. The highest BCUT2D eigenvalue weighted by Gasteiger charge is 2.37. The molecular formula is C24H19B5ClFN6O2. The SMILES string of the molecule is [B]C([B])([B])Cn1nc(Cl)c2c1-c1cnc(NCO)c(c1)O[C@H](C)c1cc(F)ccc1-c1nn(C)cc1C2([B])[B]. The highest BCUT2D eigenvalue weighted by Crippen LogP contribution is 2.45. The van der Waals surface area contributed by atoms with E-state index in [2.05, 4.69) is 20.5 Å². The molecule has 1 aromatic carbocycles. The van der Waals surface area contributed by atoms with Crippen molar-refractivity contribution in [3.63, 3.8) is 0 Å². The van der Waals surface area contributed by atoms with Crippen LogP contribution >= 0.6 is 11.6 Å². The maximum absolute atomic E-state index is 14.5. The first-order chi connectivity index (χ1) is 18.3. The van der Waals surface area contributed by atoms with Gasteiger partial charge in [-0.2, -0.15) is 10.2 Å². The van der Waals surface area contributed by atoms with Crippen LogP contribution in [0.5, 0.6) is 5.75 Å². The quantitative estimate of drug-likeness (QED) is 0.310. The number of aromatic nitrogens is 5. The van der Waals surface area contributed by atoms with Gasteiger partial charge in [0.2, 0.25) is 0 Å². The van der Waals surface area contributed by atoms with Gasteiger partial charge in [0.25, 0.3) is 0 Å². The second-order valence-corrected chi connectivity index (χ2v) is 9.97. The van der Waals surface area contributed by atoms with Gasteiger partial charge in [0.15, 0.2) is 16.7 Å². The van der Waals surface area contributed by atoms with E-state index in [4.69, 9.17) is 55.6 Å². The fraction of sp³-hybridized carbons (Fsp3) is 0.292. The predicted octanol–water partition coefficient (Wildman–Crippen LogP) is 2.07. The number of pyridine rings is 1. The molecule has 4 heterocycles. The van der Waals surface area contributed by atoms with Gasteiger partial charge in [-0.05, 0) is 42.0 Å². The minimum atomic E-state index is -1.77. The Balaban J connectivity index is 1.90. The van der Waals surface area contributed by atoms with Crippen LogP contribution in [0.15, 0.2) is 36.7 Å². The van der Waals surface area contributed by atoms with Crippen molar-refractivity contribution in [3.05, 3.63) is 64.3 Å². The zero-order valence-corrected chi connectivity index (χ0v) is 21.9. The molecule has 39 heavy (non-hydrogen) atoms. The van der Waals surface area contributed by atoms with Crippen LogP contribution in [0.1, 0.15) is 29.7 Å². The third-order valence-electron chi connectivity index (χ3n) is 6.40. The molecule has 0 fully saturated rings. The average molecular weight is 532 g/mol. The topological polar surface area (TPSA) is 90.0 Å². The van der Waals surface area contributed by atoms with Crippen molar-refractivity contribution in [3.8, 4) is 28.3 Å². The van der Waals surface area contributed by atoms with Gasteiger partial charge in [0.1, 0.15) is 18.7 Å². The molecule has 0 saturated heterocycles. The number of anilines is 1. The summed E-state index contributed by atoms with van der Waals surface area (Å²) in [4.78, 5) is 4.42. The first-order valence-corrected chi connectivity index (χ1v) is 12.2. The minimum Gasteiger partial charge on any atom is -0.482 e. The maximum Gasteiger partial charge on any atom is 0.170 e. The van der Waals surface area contributed by atoms with Crippen molar-refractivity contribution in [2.75, 3.05) is 12.0 Å². The molecule has 2 N–H and O–H groups in total. The molecular weight excluding hydrogens is 513 g/mol. The number of rotatable bonds is 4. The Morgan fingerprint density at radius 1 is 1.23 bits per heavy atom. The number of aryl methyl sites for hydroxylation is 1.